The Kier molecular flexibility index (Phi) is 12.1. The van der Waals surface area contributed by atoms with Gasteiger partial charge in [0.15, 0.2) is 0 Å². The number of rotatable bonds is 0. The largest absolute Gasteiger partial charge is 2.00 e. The van der Waals surface area contributed by atoms with E-state index in [0.29, 0.717) is 0 Å². The number of hydrogen-bond donors (Lipinski definition) is 3. The van der Waals surface area contributed by atoms with Crippen molar-refractivity contribution in [2.24, 2.45) is 0 Å². The molecule has 0 spiro atoms. The molecule has 0 saturated carbocycles. The molecule has 3 N–H and O–H groups in total. The first-order valence-corrected chi connectivity index (χ1v) is 2.35. The molecule has 7 heavy (non-hydrogen) atoms. The average molecular weight is 161 g/mol. The molecular weight excluding hydrogens is 158 g/mol. The molecule has 0 heterocycles. The molecule has 0 radical (unpaired) electrons. The molecule has 0 bridgehead atoms. The van der Waals surface area contributed by atoms with Crippen LogP contribution in [0.25, 0.3) is 0 Å². The SMILES string of the molecule is O=P(O)(O)O.[Fe+2].[Li+]. The van der Waals surface area contributed by atoms with Crippen molar-refractivity contribution in [2.75, 3.05) is 0 Å². The van der Waals surface area contributed by atoms with E-state index >= 15 is 0 Å². The minimum absolute atomic E-state index is 0. The Balaban J connectivity index is -0.0000000800. The van der Waals surface area contributed by atoms with E-state index in [9.17, 15) is 0 Å². The number of phosphoric acid groups is 1. The summed E-state index contributed by atoms with van der Waals surface area (Å²) in [6.07, 6.45) is 0. The van der Waals surface area contributed by atoms with Gasteiger partial charge in [-0.1, -0.05) is 0 Å². The van der Waals surface area contributed by atoms with Crippen LogP contribution in [0, 0.1) is 0 Å². The molecule has 0 saturated heterocycles. The maximum Gasteiger partial charge on any atom is 2.00 e. The second kappa shape index (κ2) is 5.37. The Morgan fingerprint density at radius 3 is 1.14 bits per heavy atom. The van der Waals surface area contributed by atoms with Gasteiger partial charge in [-0.15, -0.1) is 0 Å². The molecule has 0 aromatic heterocycles. The van der Waals surface area contributed by atoms with Crippen molar-refractivity contribution in [1.82, 2.24) is 0 Å². The van der Waals surface area contributed by atoms with Crippen molar-refractivity contribution in [2.45, 2.75) is 0 Å². The summed E-state index contributed by atoms with van der Waals surface area (Å²) in [7, 11) is -4.64. The Morgan fingerprint density at radius 2 is 1.14 bits per heavy atom. The van der Waals surface area contributed by atoms with E-state index in [0.717, 1.165) is 0 Å². The van der Waals surface area contributed by atoms with E-state index in [2.05, 4.69) is 0 Å². The third kappa shape index (κ3) is 131. The second-order valence-corrected chi connectivity index (χ2v) is 1.54. The van der Waals surface area contributed by atoms with E-state index in [1.807, 2.05) is 0 Å². The van der Waals surface area contributed by atoms with Crippen LogP contribution in [0.1, 0.15) is 0 Å². The standard InChI is InChI=1S/Fe.Li.H3O4P/c;;1-5(2,3)4/h;;(H3,1,2,3,4)/q+2;+1;. The molecule has 0 aliphatic carbocycles. The molecule has 7 heteroatoms. The van der Waals surface area contributed by atoms with Crippen LogP contribution in [0.4, 0.5) is 0 Å². The van der Waals surface area contributed by atoms with E-state index in [1.54, 1.807) is 0 Å². The van der Waals surface area contributed by atoms with Crippen molar-refractivity contribution in [1.29, 1.82) is 0 Å². The van der Waals surface area contributed by atoms with Gasteiger partial charge in [0.25, 0.3) is 0 Å². The van der Waals surface area contributed by atoms with Gasteiger partial charge in [0, 0.05) is 0 Å². The van der Waals surface area contributed by atoms with Crippen LogP contribution in [0.5, 0.6) is 0 Å². The maximum atomic E-state index is 8.88. The zero-order valence-corrected chi connectivity index (χ0v) is 5.55. The first-order valence-electron chi connectivity index (χ1n) is 0.783. The number of hydrogen-bond acceptors (Lipinski definition) is 1. The average Bonchev–Trinajstić information content (AvgIpc) is 0.722. The Morgan fingerprint density at radius 1 is 1.14 bits per heavy atom. The first kappa shape index (κ1) is 15.7. The fourth-order valence-electron chi connectivity index (χ4n) is 0. The van der Waals surface area contributed by atoms with Gasteiger partial charge in [-0.2, -0.15) is 0 Å². The Hall–Kier alpha value is 1.23. The summed E-state index contributed by atoms with van der Waals surface area (Å²) in [5.41, 5.74) is 0. The summed E-state index contributed by atoms with van der Waals surface area (Å²) in [5.74, 6) is 0. The van der Waals surface area contributed by atoms with Crippen molar-refractivity contribution in [3.8, 4) is 0 Å². The monoisotopic (exact) mass is 161 g/mol. The fraction of sp³-hybridized carbons (Fsp3) is 0. The predicted molar refractivity (Wildman–Crippen MR) is 14.3 cm³/mol. The predicted octanol–water partition coefficient (Wildman–Crippen LogP) is -3.93. The normalized spacial score (nSPS) is 8.43. The van der Waals surface area contributed by atoms with Gasteiger partial charge >= 0.3 is 43.8 Å². The van der Waals surface area contributed by atoms with Crippen LogP contribution in [-0.2, 0) is 21.6 Å². The van der Waals surface area contributed by atoms with E-state index < -0.39 is 7.82 Å². The van der Waals surface area contributed by atoms with Crippen LogP contribution in [0.3, 0.4) is 0 Å². The summed E-state index contributed by atoms with van der Waals surface area (Å²) in [6.45, 7) is 0. The van der Waals surface area contributed by atoms with Gasteiger partial charge in [-0.25, -0.2) is 4.57 Å². The van der Waals surface area contributed by atoms with Gasteiger partial charge in [-0.3, -0.25) is 0 Å². The van der Waals surface area contributed by atoms with Crippen LogP contribution >= 0.6 is 7.82 Å². The molecule has 0 aliphatic heterocycles. The quantitative estimate of drug-likeness (QED) is 0.250. The maximum absolute atomic E-state index is 8.88. The van der Waals surface area contributed by atoms with Crippen LogP contribution < -0.4 is 18.9 Å². The van der Waals surface area contributed by atoms with Crippen LogP contribution in [0.2, 0.25) is 0 Å². The van der Waals surface area contributed by atoms with Crippen LogP contribution in [0.15, 0.2) is 0 Å². The minimum atomic E-state index is -4.64. The molecular formula is H3FeLiO4P+3. The van der Waals surface area contributed by atoms with Gasteiger partial charge in [-0.05, 0) is 0 Å². The van der Waals surface area contributed by atoms with E-state index in [4.69, 9.17) is 19.2 Å². The van der Waals surface area contributed by atoms with Crippen molar-refractivity contribution in [3.05, 3.63) is 0 Å². The van der Waals surface area contributed by atoms with Crippen LogP contribution in [-0.4, -0.2) is 14.7 Å². The summed E-state index contributed by atoms with van der Waals surface area (Å²) < 4.78 is 8.88. The molecule has 0 unspecified atom stereocenters. The molecule has 0 aromatic carbocycles. The summed E-state index contributed by atoms with van der Waals surface area (Å²) in [6, 6.07) is 0. The fourth-order valence-corrected chi connectivity index (χ4v) is 0. The van der Waals surface area contributed by atoms with Gasteiger partial charge in [0.2, 0.25) is 0 Å². The molecule has 38 valence electrons. The molecule has 0 fully saturated rings. The molecule has 0 atom stereocenters. The van der Waals surface area contributed by atoms with Crippen molar-refractivity contribution < 1.29 is 55.2 Å². The van der Waals surface area contributed by atoms with Crippen molar-refractivity contribution >= 4 is 7.82 Å². The van der Waals surface area contributed by atoms with Gasteiger partial charge in [0.05, 0.1) is 0 Å². The minimum Gasteiger partial charge on any atom is -0.303 e. The molecule has 0 aliphatic rings. The smallest absolute Gasteiger partial charge is 0.303 e. The van der Waals surface area contributed by atoms with Crippen molar-refractivity contribution in [3.63, 3.8) is 0 Å². The van der Waals surface area contributed by atoms with Gasteiger partial charge < -0.3 is 14.7 Å². The summed E-state index contributed by atoms with van der Waals surface area (Å²) >= 11 is 0. The first-order chi connectivity index (χ1) is 2.00. The summed E-state index contributed by atoms with van der Waals surface area (Å²) in [4.78, 5) is 21.6. The third-order valence-corrected chi connectivity index (χ3v) is 0. The molecule has 0 rings (SSSR count). The second-order valence-electron chi connectivity index (χ2n) is 0.513. The van der Waals surface area contributed by atoms with E-state index in [-0.39, 0.29) is 35.9 Å². The van der Waals surface area contributed by atoms with E-state index in [1.165, 1.54) is 0 Å². The third-order valence-electron chi connectivity index (χ3n) is 0. The zero-order chi connectivity index (χ0) is 4.50. The molecule has 0 amide bonds. The molecule has 0 aromatic rings. The Bertz CT molecular complexity index is 57.8. The Labute approximate surface area is 63.2 Å². The van der Waals surface area contributed by atoms with Gasteiger partial charge in [0.1, 0.15) is 0 Å². The summed E-state index contributed by atoms with van der Waals surface area (Å²) in [5, 5.41) is 0. The zero-order valence-electron chi connectivity index (χ0n) is 3.55. The topological polar surface area (TPSA) is 77.8 Å². The molecule has 4 nitrogen and oxygen atoms in total.